The zero-order valence-electron chi connectivity index (χ0n) is 13.3. The Morgan fingerprint density at radius 1 is 1.17 bits per heavy atom. The molecule has 0 fully saturated rings. The number of ether oxygens (including phenoxy) is 3. The third-order valence-corrected chi connectivity index (χ3v) is 3.75. The zero-order valence-corrected chi connectivity index (χ0v) is 14.9. The molecule has 1 N–H and O–H groups in total. The number of amides is 1. The number of rotatable bonds is 7. The molecule has 126 valence electrons. The smallest absolute Gasteiger partial charge is 0.277 e. The summed E-state index contributed by atoms with van der Waals surface area (Å²) in [5.74, 6) is 1.38. The van der Waals surface area contributed by atoms with E-state index in [4.69, 9.17) is 14.2 Å². The molecule has 0 saturated heterocycles. The number of carbonyl (C=O) groups is 1. The second-order valence-electron chi connectivity index (χ2n) is 4.62. The lowest BCUT2D eigenvalue weighted by atomic mass is 10.2. The van der Waals surface area contributed by atoms with Crippen LogP contribution in [0.2, 0.25) is 0 Å². The highest BCUT2D eigenvalue weighted by molar-refractivity contribution is 9.10. The van der Waals surface area contributed by atoms with Crippen LogP contribution >= 0.6 is 15.9 Å². The average molecular weight is 393 g/mol. The molecule has 7 heteroatoms. The minimum absolute atomic E-state index is 0.170. The summed E-state index contributed by atoms with van der Waals surface area (Å²) in [7, 11) is 3.12. The van der Waals surface area contributed by atoms with Gasteiger partial charge in [-0.1, -0.05) is 28.1 Å². The summed E-state index contributed by atoms with van der Waals surface area (Å²) in [6.45, 7) is -0.170. The van der Waals surface area contributed by atoms with E-state index in [1.807, 2.05) is 18.2 Å². The van der Waals surface area contributed by atoms with Crippen LogP contribution in [0.25, 0.3) is 0 Å². The summed E-state index contributed by atoms with van der Waals surface area (Å²) in [5, 5.41) is 3.91. The summed E-state index contributed by atoms with van der Waals surface area (Å²) < 4.78 is 16.5. The van der Waals surface area contributed by atoms with Crippen molar-refractivity contribution in [2.24, 2.45) is 5.10 Å². The SMILES string of the molecule is COc1ccc(Br)c(C=NNC(=O)COc2ccccc2OC)c1. The minimum atomic E-state index is -0.379. The van der Waals surface area contributed by atoms with Crippen LogP contribution in [0.4, 0.5) is 0 Å². The average Bonchev–Trinajstić information content (AvgIpc) is 2.61. The monoisotopic (exact) mass is 392 g/mol. The van der Waals surface area contributed by atoms with E-state index in [1.54, 1.807) is 38.5 Å². The van der Waals surface area contributed by atoms with Crippen LogP contribution in [0.5, 0.6) is 17.2 Å². The van der Waals surface area contributed by atoms with Gasteiger partial charge in [0.05, 0.1) is 20.4 Å². The zero-order chi connectivity index (χ0) is 17.4. The van der Waals surface area contributed by atoms with E-state index in [1.165, 1.54) is 6.21 Å². The fraction of sp³-hybridized carbons (Fsp3) is 0.176. The first kappa shape index (κ1) is 17.8. The molecule has 0 saturated carbocycles. The van der Waals surface area contributed by atoms with Crippen molar-refractivity contribution in [2.45, 2.75) is 0 Å². The molecule has 0 aliphatic carbocycles. The van der Waals surface area contributed by atoms with Crippen LogP contribution in [0.15, 0.2) is 52.0 Å². The Labute approximate surface area is 148 Å². The Bertz CT molecular complexity index is 734. The molecule has 0 aliphatic heterocycles. The molecular formula is C17H17BrN2O4. The highest BCUT2D eigenvalue weighted by Crippen LogP contribution is 2.25. The standard InChI is InChI=1S/C17H17BrN2O4/c1-22-13-7-8-14(18)12(9-13)10-19-20-17(21)11-24-16-6-4-3-5-15(16)23-2/h3-10H,11H2,1-2H3,(H,20,21). The van der Waals surface area contributed by atoms with E-state index in [0.717, 1.165) is 10.0 Å². The third kappa shape index (κ3) is 4.99. The maximum Gasteiger partial charge on any atom is 0.277 e. The van der Waals surface area contributed by atoms with Gasteiger partial charge in [0.2, 0.25) is 0 Å². The van der Waals surface area contributed by atoms with Gasteiger partial charge in [0, 0.05) is 10.0 Å². The third-order valence-electron chi connectivity index (χ3n) is 3.02. The van der Waals surface area contributed by atoms with Crippen molar-refractivity contribution < 1.29 is 19.0 Å². The molecular weight excluding hydrogens is 376 g/mol. The van der Waals surface area contributed by atoms with E-state index < -0.39 is 0 Å². The van der Waals surface area contributed by atoms with Crippen LogP contribution in [0.1, 0.15) is 5.56 Å². The fourth-order valence-corrected chi connectivity index (χ4v) is 2.18. The van der Waals surface area contributed by atoms with Gasteiger partial charge in [-0.2, -0.15) is 5.10 Å². The lowest BCUT2D eigenvalue weighted by Crippen LogP contribution is -2.24. The number of hydrogen-bond acceptors (Lipinski definition) is 5. The van der Waals surface area contributed by atoms with E-state index in [-0.39, 0.29) is 12.5 Å². The van der Waals surface area contributed by atoms with Gasteiger partial charge in [-0.05, 0) is 30.3 Å². The Balaban J connectivity index is 1.89. The number of nitrogens with one attached hydrogen (secondary N) is 1. The molecule has 2 rings (SSSR count). The van der Waals surface area contributed by atoms with Gasteiger partial charge < -0.3 is 14.2 Å². The molecule has 2 aromatic rings. The summed E-state index contributed by atoms with van der Waals surface area (Å²) in [6, 6.07) is 12.6. The van der Waals surface area contributed by atoms with Crippen molar-refractivity contribution in [3.05, 3.63) is 52.5 Å². The van der Waals surface area contributed by atoms with Crippen molar-refractivity contribution in [1.29, 1.82) is 0 Å². The van der Waals surface area contributed by atoms with Crippen molar-refractivity contribution in [2.75, 3.05) is 20.8 Å². The first-order chi connectivity index (χ1) is 11.6. The van der Waals surface area contributed by atoms with Crippen molar-refractivity contribution in [3.63, 3.8) is 0 Å². The highest BCUT2D eigenvalue weighted by atomic mass is 79.9. The maximum atomic E-state index is 11.8. The molecule has 0 spiro atoms. The van der Waals surface area contributed by atoms with Gasteiger partial charge in [0.15, 0.2) is 18.1 Å². The highest BCUT2D eigenvalue weighted by Gasteiger charge is 2.06. The van der Waals surface area contributed by atoms with Gasteiger partial charge in [-0.3, -0.25) is 4.79 Å². The molecule has 0 aromatic heterocycles. The number of carbonyl (C=O) groups excluding carboxylic acids is 1. The van der Waals surface area contributed by atoms with Gasteiger partial charge in [0.1, 0.15) is 5.75 Å². The summed E-state index contributed by atoms with van der Waals surface area (Å²) >= 11 is 3.41. The number of methoxy groups -OCH3 is 2. The predicted molar refractivity (Wildman–Crippen MR) is 94.9 cm³/mol. The van der Waals surface area contributed by atoms with E-state index in [2.05, 4.69) is 26.5 Å². The van der Waals surface area contributed by atoms with Gasteiger partial charge in [-0.15, -0.1) is 0 Å². The van der Waals surface area contributed by atoms with Gasteiger partial charge in [0.25, 0.3) is 5.91 Å². The number of para-hydroxylation sites is 2. The molecule has 6 nitrogen and oxygen atoms in total. The summed E-state index contributed by atoms with van der Waals surface area (Å²) in [6.07, 6.45) is 1.52. The van der Waals surface area contributed by atoms with Crippen molar-refractivity contribution in [1.82, 2.24) is 5.43 Å². The number of hydrazone groups is 1. The van der Waals surface area contributed by atoms with E-state index in [9.17, 15) is 4.79 Å². The van der Waals surface area contributed by atoms with Crippen molar-refractivity contribution in [3.8, 4) is 17.2 Å². The molecule has 0 heterocycles. The van der Waals surface area contributed by atoms with Crippen LogP contribution in [0, 0.1) is 0 Å². The predicted octanol–water partition coefficient (Wildman–Crippen LogP) is 3.00. The number of benzene rings is 2. The van der Waals surface area contributed by atoms with Crippen LogP contribution in [0.3, 0.4) is 0 Å². The molecule has 0 unspecified atom stereocenters. The van der Waals surface area contributed by atoms with Crippen LogP contribution in [-0.4, -0.2) is 32.9 Å². The lowest BCUT2D eigenvalue weighted by molar-refractivity contribution is -0.123. The van der Waals surface area contributed by atoms with Gasteiger partial charge in [-0.25, -0.2) is 5.43 Å². The largest absolute Gasteiger partial charge is 0.497 e. The Morgan fingerprint density at radius 3 is 2.62 bits per heavy atom. The summed E-state index contributed by atoms with van der Waals surface area (Å²) in [4.78, 5) is 11.8. The van der Waals surface area contributed by atoms with Crippen LogP contribution in [-0.2, 0) is 4.79 Å². The lowest BCUT2D eigenvalue weighted by Gasteiger charge is -2.09. The van der Waals surface area contributed by atoms with Gasteiger partial charge >= 0.3 is 0 Å². The number of hydrogen-bond donors (Lipinski definition) is 1. The first-order valence-electron chi connectivity index (χ1n) is 7.05. The van der Waals surface area contributed by atoms with E-state index in [0.29, 0.717) is 17.2 Å². The molecule has 0 atom stereocenters. The van der Waals surface area contributed by atoms with E-state index >= 15 is 0 Å². The second-order valence-corrected chi connectivity index (χ2v) is 5.47. The molecule has 0 radical (unpaired) electrons. The molecule has 1 amide bonds. The second kappa shape index (κ2) is 8.93. The van der Waals surface area contributed by atoms with Crippen molar-refractivity contribution >= 4 is 28.1 Å². The Kier molecular flexibility index (Phi) is 6.62. The molecule has 2 aromatic carbocycles. The molecule has 0 aliphatic rings. The molecule has 0 bridgehead atoms. The Morgan fingerprint density at radius 2 is 1.92 bits per heavy atom. The maximum absolute atomic E-state index is 11.8. The number of nitrogens with zero attached hydrogens (tertiary/aromatic N) is 1. The fourth-order valence-electron chi connectivity index (χ4n) is 1.84. The Hall–Kier alpha value is -2.54. The number of halogens is 1. The quantitative estimate of drug-likeness (QED) is 0.580. The van der Waals surface area contributed by atoms with Crippen LogP contribution < -0.4 is 19.6 Å². The summed E-state index contributed by atoms with van der Waals surface area (Å²) in [5.41, 5.74) is 3.18. The first-order valence-corrected chi connectivity index (χ1v) is 7.84. The topological polar surface area (TPSA) is 69.2 Å². The normalized spacial score (nSPS) is 10.5. The molecule has 24 heavy (non-hydrogen) atoms. The minimum Gasteiger partial charge on any atom is -0.497 e.